The molecule has 0 spiro atoms. The SMILES string of the molecule is O=C([O-])CC(O)C(=O)[O-].O=C([O-])CC(O)C(=O)[O-].[Zr+4]. The Morgan fingerprint density at radius 1 is 0.737 bits per heavy atom. The van der Waals surface area contributed by atoms with E-state index in [-0.39, 0.29) is 26.2 Å². The molecule has 0 heterocycles. The Morgan fingerprint density at radius 3 is 1.00 bits per heavy atom. The fourth-order valence-corrected chi connectivity index (χ4v) is 0.482. The second-order valence-corrected chi connectivity index (χ2v) is 2.82. The number of carbonyl (C=O) groups is 4. The third-order valence-electron chi connectivity index (χ3n) is 1.26. The van der Waals surface area contributed by atoms with Gasteiger partial charge in [-0.15, -0.1) is 0 Å². The summed E-state index contributed by atoms with van der Waals surface area (Å²) >= 11 is 0. The molecule has 19 heavy (non-hydrogen) atoms. The number of aliphatic hydroxyl groups excluding tert-OH is 2. The second kappa shape index (κ2) is 11.8. The number of carboxylic acid groups (broad SMARTS) is 4. The number of aliphatic hydroxyl groups is 2. The van der Waals surface area contributed by atoms with Crippen LogP contribution in [0.2, 0.25) is 0 Å². The summed E-state index contributed by atoms with van der Waals surface area (Å²) in [5, 5.41) is 54.7. The summed E-state index contributed by atoms with van der Waals surface area (Å²) in [5.74, 6) is -6.85. The van der Waals surface area contributed by atoms with Gasteiger partial charge in [0, 0.05) is 24.8 Å². The Balaban J connectivity index is -0.000000256. The summed E-state index contributed by atoms with van der Waals surface area (Å²) in [7, 11) is 0. The van der Waals surface area contributed by atoms with E-state index >= 15 is 0 Å². The standard InChI is InChI=1S/2C4H6O5.Zr/c2*5-2(4(8)9)1-3(6)7;/h2*2,5H,1H2,(H,6,7)(H,8,9);/q;;+4/p-4. The molecule has 2 N–H and O–H groups in total. The quantitative estimate of drug-likeness (QED) is 0.460. The first-order valence-corrected chi connectivity index (χ1v) is 4.25. The molecule has 0 aliphatic rings. The van der Waals surface area contributed by atoms with Crippen molar-refractivity contribution < 1.29 is 76.0 Å². The molecule has 2 atom stereocenters. The third kappa shape index (κ3) is 16.7. The van der Waals surface area contributed by atoms with Crippen molar-refractivity contribution in [3.05, 3.63) is 0 Å². The van der Waals surface area contributed by atoms with Crippen molar-refractivity contribution in [3.63, 3.8) is 0 Å². The first-order valence-electron chi connectivity index (χ1n) is 4.25. The van der Waals surface area contributed by atoms with E-state index in [0.29, 0.717) is 0 Å². The van der Waals surface area contributed by atoms with Gasteiger partial charge in [0.2, 0.25) is 0 Å². The van der Waals surface area contributed by atoms with E-state index in [1.807, 2.05) is 0 Å². The molecule has 0 aromatic carbocycles. The van der Waals surface area contributed by atoms with E-state index in [2.05, 4.69) is 0 Å². The normalized spacial score (nSPS) is 11.9. The van der Waals surface area contributed by atoms with Crippen molar-refractivity contribution in [3.8, 4) is 0 Å². The Kier molecular flexibility index (Phi) is 14.1. The first-order chi connectivity index (χ1) is 8.07. The van der Waals surface area contributed by atoms with Crippen LogP contribution in [0.3, 0.4) is 0 Å². The summed E-state index contributed by atoms with van der Waals surface area (Å²) in [6.07, 6.45) is -5.78. The van der Waals surface area contributed by atoms with Gasteiger partial charge in [-0.2, -0.15) is 0 Å². The molecule has 0 saturated carbocycles. The number of hydrogen-bond acceptors (Lipinski definition) is 10. The van der Waals surface area contributed by atoms with Gasteiger partial charge in [-0.05, 0) is 0 Å². The van der Waals surface area contributed by atoms with Gasteiger partial charge in [0.05, 0.1) is 24.1 Å². The smallest absolute Gasteiger partial charge is 0.550 e. The molecule has 0 rings (SSSR count). The van der Waals surface area contributed by atoms with Crippen LogP contribution in [-0.4, -0.2) is 46.3 Å². The van der Waals surface area contributed by atoms with Crippen molar-refractivity contribution in [1.29, 1.82) is 0 Å². The summed E-state index contributed by atoms with van der Waals surface area (Å²) < 4.78 is 0. The van der Waals surface area contributed by atoms with E-state index in [4.69, 9.17) is 10.2 Å². The molecule has 0 aromatic rings. The number of carbonyl (C=O) groups excluding carboxylic acids is 4. The average Bonchev–Trinajstić information content (AvgIpc) is 2.16. The van der Waals surface area contributed by atoms with Gasteiger partial charge in [0.15, 0.2) is 0 Å². The largest absolute Gasteiger partial charge is 4.00 e. The van der Waals surface area contributed by atoms with Crippen LogP contribution in [0, 0.1) is 0 Å². The molecule has 11 heteroatoms. The van der Waals surface area contributed by atoms with Crippen molar-refractivity contribution in [2.45, 2.75) is 25.0 Å². The summed E-state index contributed by atoms with van der Waals surface area (Å²) in [4.78, 5) is 38.3. The maximum Gasteiger partial charge on any atom is 4.00 e. The van der Waals surface area contributed by atoms with Crippen LogP contribution >= 0.6 is 0 Å². The van der Waals surface area contributed by atoms with Crippen molar-refractivity contribution in [1.82, 2.24) is 0 Å². The van der Waals surface area contributed by atoms with Crippen LogP contribution in [0.15, 0.2) is 0 Å². The molecule has 0 saturated heterocycles. The van der Waals surface area contributed by atoms with Crippen molar-refractivity contribution in [2.75, 3.05) is 0 Å². The van der Waals surface area contributed by atoms with E-state index in [9.17, 15) is 39.6 Å². The van der Waals surface area contributed by atoms with E-state index < -0.39 is 48.9 Å². The van der Waals surface area contributed by atoms with Gasteiger partial charge in [-0.25, -0.2) is 0 Å². The van der Waals surface area contributed by atoms with Crippen molar-refractivity contribution in [2.24, 2.45) is 0 Å². The molecular weight excluding hydrogens is 347 g/mol. The molecule has 0 radical (unpaired) electrons. The predicted octanol–water partition coefficient (Wildman–Crippen LogP) is -7.53. The minimum atomic E-state index is -1.96. The van der Waals surface area contributed by atoms with E-state index in [1.54, 1.807) is 0 Å². The zero-order valence-corrected chi connectivity index (χ0v) is 11.7. The molecule has 0 aliphatic carbocycles. The molecule has 0 bridgehead atoms. The molecule has 0 aliphatic heterocycles. The number of rotatable bonds is 6. The van der Waals surface area contributed by atoms with E-state index in [0.717, 1.165) is 0 Å². The number of carboxylic acids is 4. The van der Waals surface area contributed by atoms with Crippen LogP contribution in [0.4, 0.5) is 0 Å². The van der Waals surface area contributed by atoms with Crippen LogP contribution < -0.4 is 20.4 Å². The maximum absolute atomic E-state index is 9.58. The Bertz CT molecular complexity index is 295. The topological polar surface area (TPSA) is 201 Å². The molecule has 0 aromatic heterocycles. The van der Waals surface area contributed by atoms with Gasteiger partial charge in [-0.1, -0.05) is 0 Å². The van der Waals surface area contributed by atoms with Gasteiger partial charge in [0.1, 0.15) is 0 Å². The maximum atomic E-state index is 9.58. The first kappa shape index (κ1) is 22.8. The second-order valence-electron chi connectivity index (χ2n) is 2.82. The van der Waals surface area contributed by atoms with Crippen LogP contribution in [0.1, 0.15) is 12.8 Å². The molecule has 0 fully saturated rings. The van der Waals surface area contributed by atoms with Crippen LogP contribution in [0.5, 0.6) is 0 Å². The average molecular weight is 355 g/mol. The summed E-state index contributed by atoms with van der Waals surface area (Å²) in [5.41, 5.74) is 0. The summed E-state index contributed by atoms with van der Waals surface area (Å²) in [6, 6.07) is 0. The Labute approximate surface area is 125 Å². The Morgan fingerprint density at radius 2 is 0.947 bits per heavy atom. The fourth-order valence-electron chi connectivity index (χ4n) is 0.482. The van der Waals surface area contributed by atoms with Gasteiger partial charge < -0.3 is 49.8 Å². The number of hydrogen-bond donors (Lipinski definition) is 2. The molecule has 104 valence electrons. The molecular formula is C8H8O10Zr. The van der Waals surface area contributed by atoms with E-state index in [1.165, 1.54) is 0 Å². The zero-order valence-electron chi connectivity index (χ0n) is 9.23. The predicted molar refractivity (Wildman–Crippen MR) is 41.3 cm³/mol. The molecule has 2 unspecified atom stereocenters. The van der Waals surface area contributed by atoms with Crippen LogP contribution in [-0.2, 0) is 45.4 Å². The van der Waals surface area contributed by atoms with Crippen LogP contribution in [0.25, 0.3) is 0 Å². The molecule has 0 amide bonds. The fraction of sp³-hybridized carbons (Fsp3) is 0.500. The van der Waals surface area contributed by atoms with Gasteiger partial charge >= 0.3 is 26.2 Å². The molecule has 10 nitrogen and oxygen atoms in total. The zero-order chi connectivity index (χ0) is 14.9. The monoisotopic (exact) mass is 354 g/mol. The van der Waals surface area contributed by atoms with Gasteiger partial charge in [-0.3, -0.25) is 0 Å². The minimum Gasteiger partial charge on any atom is -0.550 e. The van der Waals surface area contributed by atoms with Gasteiger partial charge in [0.25, 0.3) is 0 Å². The van der Waals surface area contributed by atoms with Crippen molar-refractivity contribution >= 4 is 23.9 Å². The number of aliphatic carboxylic acids is 4. The minimum absolute atomic E-state index is 0. The summed E-state index contributed by atoms with van der Waals surface area (Å²) in [6.45, 7) is 0. The third-order valence-corrected chi connectivity index (χ3v) is 1.26. The Hall–Kier alpha value is -1.32.